The first kappa shape index (κ1) is 23.9. The van der Waals surface area contributed by atoms with Crippen LogP contribution in [0.3, 0.4) is 0 Å². The predicted octanol–water partition coefficient (Wildman–Crippen LogP) is 3.51. The summed E-state index contributed by atoms with van der Waals surface area (Å²) in [6.45, 7) is 4.91. The molecule has 0 radical (unpaired) electrons. The van der Waals surface area contributed by atoms with Crippen molar-refractivity contribution in [2.24, 2.45) is 0 Å². The molecule has 1 fully saturated rings. The van der Waals surface area contributed by atoms with E-state index in [-0.39, 0.29) is 10.8 Å². The second-order valence-electron chi connectivity index (χ2n) is 8.56. The Kier molecular flexibility index (Phi) is 7.31. The van der Waals surface area contributed by atoms with Crippen LogP contribution in [0.5, 0.6) is 0 Å². The van der Waals surface area contributed by atoms with Crippen molar-refractivity contribution in [2.45, 2.75) is 11.4 Å². The van der Waals surface area contributed by atoms with E-state index in [1.54, 1.807) is 0 Å². The molecular formula is C26H30N4O3S. The van der Waals surface area contributed by atoms with E-state index < -0.39 is 10.0 Å². The van der Waals surface area contributed by atoms with Crippen LogP contribution in [0.25, 0.3) is 0 Å². The van der Waals surface area contributed by atoms with Gasteiger partial charge in [-0.1, -0.05) is 30.3 Å². The van der Waals surface area contributed by atoms with Crippen LogP contribution in [0.4, 0.5) is 11.4 Å². The number of nitrogens with zero attached hydrogens (tertiary/aromatic N) is 3. The monoisotopic (exact) mass is 478 g/mol. The molecule has 7 nitrogen and oxygen atoms in total. The zero-order valence-electron chi connectivity index (χ0n) is 19.5. The number of hydrogen-bond donors (Lipinski definition) is 1. The number of piperazine rings is 1. The van der Waals surface area contributed by atoms with Gasteiger partial charge in [0.05, 0.1) is 4.90 Å². The molecule has 0 atom stereocenters. The molecule has 1 saturated heterocycles. The smallest absolute Gasteiger partial charge is 0.255 e. The Balaban J connectivity index is 1.31. The van der Waals surface area contributed by atoms with Gasteiger partial charge in [-0.05, 0) is 54.1 Å². The minimum atomic E-state index is -3.52. The zero-order chi connectivity index (χ0) is 24.1. The highest BCUT2D eigenvalue weighted by molar-refractivity contribution is 7.89. The number of hydrogen-bond acceptors (Lipinski definition) is 5. The predicted molar refractivity (Wildman–Crippen MR) is 136 cm³/mol. The first-order valence-corrected chi connectivity index (χ1v) is 12.7. The summed E-state index contributed by atoms with van der Waals surface area (Å²) in [7, 11) is -0.566. The third-order valence-corrected chi connectivity index (χ3v) is 7.84. The van der Waals surface area contributed by atoms with Gasteiger partial charge in [-0.2, -0.15) is 0 Å². The molecule has 1 N–H and O–H groups in total. The minimum Gasteiger partial charge on any atom is -0.369 e. The Bertz CT molecular complexity index is 1200. The minimum absolute atomic E-state index is 0.155. The van der Waals surface area contributed by atoms with Gasteiger partial charge in [0.15, 0.2) is 0 Å². The molecule has 0 bridgehead atoms. The summed E-state index contributed by atoms with van der Waals surface area (Å²) < 4.78 is 25.5. The van der Waals surface area contributed by atoms with Crippen LogP contribution >= 0.6 is 0 Å². The molecule has 1 aliphatic rings. The molecule has 8 heteroatoms. The SMILES string of the molecule is CN(C)S(=O)(=O)c1ccc(C(=O)Nc2ccc(N3CCN(Cc4ccccc4)CC3)cc2)cc1. The van der Waals surface area contributed by atoms with Gasteiger partial charge in [0, 0.05) is 63.8 Å². The summed E-state index contributed by atoms with van der Waals surface area (Å²) in [4.78, 5) is 17.6. The van der Waals surface area contributed by atoms with E-state index in [1.807, 2.05) is 30.3 Å². The number of sulfonamides is 1. The van der Waals surface area contributed by atoms with Crippen LogP contribution in [-0.4, -0.2) is 63.8 Å². The molecular weight excluding hydrogens is 448 g/mol. The second-order valence-corrected chi connectivity index (χ2v) is 10.7. The molecule has 0 saturated carbocycles. The van der Waals surface area contributed by atoms with E-state index in [1.165, 1.54) is 43.9 Å². The zero-order valence-corrected chi connectivity index (χ0v) is 20.3. The fraction of sp³-hybridized carbons (Fsp3) is 0.269. The summed E-state index contributed by atoms with van der Waals surface area (Å²) in [6.07, 6.45) is 0. The Labute approximate surface area is 201 Å². The highest BCUT2D eigenvalue weighted by Crippen LogP contribution is 2.21. The van der Waals surface area contributed by atoms with Crippen LogP contribution in [0.15, 0.2) is 83.8 Å². The molecule has 1 aliphatic heterocycles. The molecule has 3 aromatic carbocycles. The lowest BCUT2D eigenvalue weighted by Crippen LogP contribution is -2.45. The molecule has 1 heterocycles. The standard InChI is InChI=1S/C26H30N4O3S/c1-28(2)34(32,33)25-14-8-22(9-15-25)26(31)27-23-10-12-24(13-11-23)30-18-16-29(17-19-30)20-21-6-4-3-5-7-21/h3-15H,16-20H2,1-2H3,(H,27,31). The van der Waals surface area contributed by atoms with Crippen molar-refractivity contribution in [1.29, 1.82) is 0 Å². The van der Waals surface area contributed by atoms with Crippen molar-refractivity contribution in [3.05, 3.63) is 90.0 Å². The Morgan fingerprint density at radius 1 is 0.853 bits per heavy atom. The van der Waals surface area contributed by atoms with Crippen LogP contribution in [0.1, 0.15) is 15.9 Å². The summed E-state index contributed by atoms with van der Waals surface area (Å²) in [5.41, 5.74) is 3.57. The molecule has 1 amide bonds. The van der Waals surface area contributed by atoms with E-state index >= 15 is 0 Å². The van der Waals surface area contributed by atoms with Gasteiger partial charge in [-0.3, -0.25) is 9.69 Å². The third kappa shape index (κ3) is 5.64. The quantitative estimate of drug-likeness (QED) is 0.563. The average molecular weight is 479 g/mol. The number of carbonyl (C=O) groups is 1. The molecule has 0 aliphatic carbocycles. The highest BCUT2D eigenvalue weighted by atomic mass is 32.2. The largest absolute Gasteiger partial charge is 0.369 e. The van der Waals surface area contributed by atoms with E-state index in [9.17, 15) is 13.2 Å². The van der Waals surface area contributed by atoms with Crippen LogP contribution in [0.2, 0.25) is 0 Å². The second kappa shape index (κ2) is 10.4. The molecule has 0 aromatic heterocycles. The van der Waals surface area contributed by atoms with Crippen LogP contribution < -0.4 is 10.2 Å². The van der Waals surface area contributed by atoms with Gasteiger partial charge in [-0.15, -0.1) is 0 Å². The Hall–Kier alpha value is -3.20. The summed E-state index contributed by atoms with van der Waals surface area (Å²) in [5.74, 6) is -0.281. The van der Waals surface area contributed by atoms with Gasteiger partial charge < -0.3 is 10.2 Å². The van der Waals surface area contributed by atoms with Gasteiger partial charge in [0.25, 0.3) is 5.91 Å². The lowest BCUT2D eigenvalue weighted by Gasteiger charge is -2.36. The number of nitrogens with one attached hydrogen (secondary N) is 1. The molecule has 3 aromatic rings. The summed E-state index contributed by atoms with van der Waals surface area (Å²) in [5, 5.41) is 2.88. The van der Waals surface area contributed by atoms with Crippen LogP contribution in [0, 0.1) is 0 Å². The Morgan fingerprint density at radius 2 is 1.47 bits per heavy atom. The highest BCUT2D eigenvalue weighted by Gasteiger charge is 2.19. The molecule has 34 heavy (non-hydrogen) atoms. The first-order chi connectivity index (χ1) is 16.3. The number of amides is 1. The molecule has 4 rings (SSSR count). The maximum Gasteiger partial charge on any atom is 0.255 e. The maximum absolute atomic E-state index is 12.6. The lowest BCUT2D eigenvalue weighted by molar-refractivity contribution is 0.102. The van der Waals surface area contributed by atoms with E-state index in [2.05, 4.69) is 39.4 Å². The van der Waals surface area contributed by atoms with Gasteiger partial charge >= 0.3 is 0 Å². The summed E-state index contributed by atoms with van der Waals surface area (Å²) >= 11 is 0. The normalized spacial score (nSPS) is 14.9. The molecule has 0 unspecified atom stereocenters. The van der Waals surface area contributed by atoms with E-state index in [0.717, 1.165) is 42.7 Å². The third-order valence-electron chi connectivity index (χ3n) is 6.01. The van der Waals surface area contributed by atoms with Gasteiger partial charge in [0.2, 0.25) is 10.0 Å². The average Bonchev–Trinajstić information content (AvgIpc) is 2.85. The summed E-state index contributed by atoms with van der Waals surface area (Å²) in [6, 6.07) is 24.3. The number of benzene rings is 3. The van der Waals surface area contributed by atoms with E-state index in [0.29, 0.717) is 11.3 Å². The van der Waals surface area contributed by atoms with Crippen LogP contribution in [-0.2, 0) is 16.6 Å². The van der Waals surface area contributed by atoms with Crippen molar-refractivity contribution in [2.75, 3.05) is 50.5 Å². The van der Waals surface area contributed by atoms with E-state index in [4.69, 9.17) is 0 Å². The topological polar surface area (TPSA) is 73.0 Å². The number of rotatable bonds is 7. The first-order valence-electron chi connectivity index (χ1n) is 11.3. The van der Waals surface area contributed by atoms with Gasteiger partial charge in [0.1, 0.15) is 0 Å². The van der Waals surface area contributed by atoms with Crippen molar-refractivity contribution in [3.63, 3.8) is 0 Å². The Morgan fingerprint density at radius 3 is 2.06 bits per heavy atom. The molecule has 178 valence electrons. The molecule has 0 spiro atoms. The van der Waals surface area contributed by atoms with Crippen molar-refractivity contribution in [3.8, 4) is 0 Å². The van der Waals surface area contributed by atoms with Crippen molar-refractivity contribution >= 4 is 27.3 Å². The maximum atomic E-state index is 12.6. The number of carbonyl (C=O) groups excluding carboxylic acids is 1. The van der Waals surface area contributed by atoms with Crippen molar-refractivity contribution < 1.29 is 13.2 Å². The lowest BCUT2D eigenvalue weighted by atomic mass is 10.2. The fourth-order valence-corrected chi connectivity index (χ4v) is 4.86. The van der Waals surface area contributed by atoms with Gasteiger partial charge in [-0.25, -0.2) is 12.7 Å². The fourth-order valence-electron chi connectivity index (χ4n) is 3.95. The van der Waals surface area contributed by atoms with Crippen molar-refractivity contribution in [1.82, 2.24) is 9.21 Å². The number of anilines is 2.